The van der Waals surface area contributed by atoms with Crippen LogP contribution in [0.15, 0.2) is 42.5 Å². The van der Waals surface area contributed by atoms with Crippen LogP contribution in [0.5, 0.6) is 0 Å². The third-order valence-electron chi connectivity index (χ3n) is 4.94. The van der Waals surface area contributed by atoms with Crippen molar-refractivity contribution in [3.8, 4) is 11.1 Å². The molecule has 0 aliphatic carbocycles. The zero-order chi connectivity index (χ0) is 15.5. The summed E-state index contributed by atoms with van der Waals surface area (Å²) in [5, 5.41) is 0. The van der Waals surface area contributed by atoms with E-state index in [1.165, 1.54) is 22.3 Å². The van der Waals surface area contributed by atoms with Crippen molar-refractivity contribution in [3.63, 3.8) is 0 Å². The number of carbonyl (C=O) groups is 1. The zero-order valence-corrected chi connectivity index (χ0v) is 13.4. The van der Waals surface area contributed by atoms with Gasteiger partial charge in [0.25, 0.3) is 0 Å². The number of para-hydroxylation sites is 1. The Hall–Kier alpha value is -2.09. The third-order valence-corrected chi connectivity index (χ3v) is 4.94. The van der Waals surface area contributed by atoms with Gasteiger partial charge in [-0.2, -0.15) is 0 Å². The first kappa shape index (κ1) is 13.6. The van der Waals surface area contributed by atoms with Crippen LogP contribution in [0.2, 0.25) is 0 Å². The number of benzene rings is 2. The second-order valence-corrected chi connectivity index (χ2v) is 7.44. The minimum atomic E-state index is -0.0992. The van der Waals surface area contributed by atoms with E-state index in [1.807, 2.05) is 4.90 Å². The van der Waals surface area contributed by atoms with Crippen LogP contribution in [-0.2, 0) is 11.2 Å². The van der Waals surface area contributed by atoms with E-state index in [2.05, 4.69) is 63.2 Å². The summed E-state index contributed by atoms with van der Waals surface area (Å²) in [6.45, 7) is 7.31. The Morgan fingerprint density at radius 1 is 1.00 bits per heavy atom. The average molecular weight is 291 g/mol. The lowest BCUT2D eigenvalue weighted by Gasteiger charge is -2.32. The maximum absolute atomic E-state index is 13.3. The molecule has 0 bridgehead atoms. The van der Waals surface area contributed by atoms with Gasteiger partial charge in [0, 0.05) is 12.1 Å². The van der Waals surface area contributed by atoms with E-state index in [9.17, 15) is 4.79 Å². The molecule has 1 amide bonds. The monoisotopic (exact) mass is 291 g/mol. The van der Waals surface area contributed by atoms with Gasteiger partial charge in [-0.1, -0.05) is 63.2 Å². The number of carbonyl (C=O) groups excluding carboxylic acids is 1. The predicted octanol–water partition coefficient (Wildman–Crippen LogP) is 4.39. The summed E-state index contributed by atoms with van der Waals surface area (Å²) in [4.78, 5) is 15.3. The summed E-state index contributed by atoms with van der Waals surface area (Å²) in [5.41, 5.74) is 5.95. The summed E-state index contributed by atoms with van der Waals surface area (Å²) in [7, 11) is 0. The first-order valence-corrected chi connectivity index (χ1v) is 8.01. The van der Waals surface area contributed by atoms with E-state index >= 15 is 0 Å². The highest BCUT2D eigenvalue weighted by Crippen LogP contribution is 2.49. The first-order chi connectivity index (χ1) is 10.5. The number of fused-ring (bicyclic) bond motifs is 2. The van der Waals surface area contributed by atoms with Crippen molar-refractivity contribution in [2.45, 2.75) is 33.1 Å². The fraction of sp³-hybridized carbons (Fsp3) is 0.350. The number of nitrogens with zero attached hydrogens (tertiary/aromatic N) is 1. The lowest BCUT2D eigenvalue weighted by atomic mass is 9.74. The Morgan fingerprint density at radius 2 is 1.73 bits per heavy atom. The maximum Gasteiger partial charge on any atom is 0.235 e. The third kappa shape index (κ3) is 1.76. The van der Waals surface area contributed by atoms with Gasteiger partial charge in [0.2, 0.25) is 5.91 Å². The Bertz CT molecular complexity index is 770. The maximum atomic E-state index is 13.3. The SMILES string of the molecule is CC(C)(C)C1C(=O)N2CCc3cccc(c32)-c2ccccc21. The van der Waals surface area contributed by atoms with Crippen LogP contribution in [0, 0.1) is 5.41 Å². The molecule has 2 nitrogen and oxygen atoms in total. The first-order valence-electron chi connectivity index (χ1n) is 8.01. The molecule has 0 radical (unpaired) electrons. The van der Waals surface area contributed by atoms with Gasteiger partial charge in [-0.05, 0) is 28.5 Å². The normalized spacial score (nSPS) is 19.7. The molecule has 2 heteroatoms. The highest BCUT2D eigenvalue weighted by molar-refractivity contribution is 6.07. The molecule has 0 saturated carbocycles. The fourth-order valence-corrected chi connectivity index (χ4v) is 4.01. The van der Waals surface area contributed by atoms with Gasteiger partial charge in [-0.3, -0.25) is 4.79 Å². The van der Waals surface area contributed by atoms with Gasteiger partial charge in [-0.25, -0.2) is 0 Å². The topological polar surface area (TPSA) is 20.3 Å². The average Bonchev–Trinajstić information content (AvgIpc) is 2.86. The van der Waals surface area contributed by atoms with Gasteiger partial charge in [0.15, 0.2) is 0 Å². The van der Waals surface area contributed by atoms with Crippen molar-refractivity contribution in [1.82, 2.24) is 0 Å². The van der Waals surface area contributed by atoms with Crippen molar-refractivity contribution in [1.29, 1.82) is 0 Å². The Balaban J connectivity index is 2.07. The number of anilines is 1. The molecular weight excluding hydrogens is 270 g/mol. The van der Waals surface area contributed by atoms with Crippen LogP contribution in [0.25, 0.3) is 11.1 Å². The molecule has 0 N–H and O–H groups in total. The summed E-state index contributed by atoms with van der Waals surface area (Å²) in [6, 6.07) is 14.9. The molecule has 0 fully saturated rings. The van der Waals surface area contributed by atoms with Gasteiger partial charge >= 0.3 is 0 Å². The van der Waals surface area contributed by atoms with Crippen LogP contribution in [-0.4, -0.2) is 12.5 Å². The Kier molecular flexibility index (Phi) is 2.75. The van der Waals surface area contributed by atoms with E-state index < -0.39 is 0 Å². The van der Waals surface area contributed by atoms with Crippen molar-refractivity contribution in [2.24, 2.45) is 5.41 Å². The standard InChI is InChI=1S/C20H21NO/c1-20(2,3)17-15-9-5-4-8-14(15)16-10-6-7-13-11-12-21(18(13)16)19(17)22/h4-10,17H,11-12H2,1-3H3. The molecule has 2 heterocycles. The summed E-state index contributed by atoms with van der Waals surface area (Å²) in [6.07, 6.45) is 0.966. The predicted molar refractivity (Wildman–Crippen MR) is 90.1 cm³/mol. The van der Waals surface area contributed by atoms with E-state index in [4.69, 9.17) is 0 Å². The van der Waals surface area contributed by atoms with Crippen LogP contribution in [0.4, 0.5) is 5.69 Å². The van der Waals surface area contributed by atoms with Crippen molar-refractivity contribution in [2.75, 3.05) is 11.4 Å². The van der Waals surface area contributed by atoms with E-state index in [0.717, 1.165) is 18.7 Å². The van der Waals surface area contributed by atoms with Crippen molar-refractivity contribution >= 4 is 11.6 Å². The molecule has 2 aliphatic rings. The van der Waals surface area contributed by atoms with Crippen LogP contribution < -0.4 is 4.90 Å². The summed E-state index contributed by atoms with van der Waals surface area (Å²) < 4.78 is 0. The molecule has 0 spiro atoms. The zero-order valence-electron chi connectivity index (χ0n) is 13.4. The minimum absolute atomic E-state index is 0.0953. The minimum Gasteiger partial charge on any atom is -0.311 e. The highest BCUT2D eigenvalue weighted by atomic mass is 16.2. The highest BCUT2D eigenvalue weighted by Gasteiger charge is 2.42. The summed E-state index contributed by atoms with van der Waals surface area (Å²) in [5.74, 6) is 0.158. The van der Waals surface area contributed by atoms with Crippen LogP contribution >= 0.6 is 0 Å². The molecular formula is C20H21NO. The largest absolute Gasteiger partial charge is 0.311 e. The number of hydrogen-bond donors (Lipinski definition) is 0. The van der Waals surface area contributed by atoms with Crippen LogP contribution in [0.3, 0.4) is 0 Å². The van der Waals surface area contributed by atoms with Crippen LogP contribution in [0.1, 0.15) is 37.8 Å². The smallest absolute Gasteiger partial charge is 0.235 e. The van der Waals surface area contributed by atoms with Gasteiger partial charge in [0.1, 0.15) is 0 Å². The van der Waals surface area contributed by atoms with Gasteiger partial charge in [0.05, 0.1) is 11.6 Å². The molecule has 0 aromatic heterocycles. The second-order valence-electron chi connectivity index (χ2n) is 7.44. The molecule has 2 aliphatic heterocycles. The second kappa shape index (κ2) is 4.45. The van der Waals surface area contributed by atoms with E-state index in [1.54, 1.807) is 0 Å². The van der Waals surface area contributed by atoms with Crippen molar-refractivity contribution in [3.05, 3.63) is 53.6 Å². The quantitative estimate of drug-likeness (QED) is 0.705. The molecule has 22 heavy (non-hydrogen) atoms. The molecule has 4 rings (SSSR count). The van der Waals surface area contributed by atoms with Crippen molar-refractivity contribution < 1.29 is 4.79 Å². The molecule has 2 aromatic carbocycles. The molecule has 1 unspecified atom stereocenters. The lowest BCUT2D eigenvalue weighted by molar-refractivity contribution is -0.122. The fourth-order valence-electron chi connectivity index (χ4n) is 4.01. The Morgan fingerprint density at radius 3 is 2.50 bits per heavy atom. The molecule has 1 atom stereocenters. The molecule has 0 saturated heterocycles. The number of rotatable bonds is 0. The Labute approximate surface area is 131 Å². The number of amides is 1. The summed E-state index contributed by atoms with van der Waals surface area (Å²) >= 11 is 0. The van der Waals surface area contributed by atoms with Gasteiger partial charge in [-0.15, -0.1) is 0 Å². The molecule has 2 aromatic rings. The van der Waals surface area contributed by atoms with Gasteiger partial charge < -0.3 is 4.90 Å². The molecule has 112 valence electrons. The lowest BCUT2D eigenvalue weighted by Crippen LogP contribution is -2.38. The van der Waals surface area contributed by atoms with E-state index in [-0.39, 0.29) is 17.2 Å². The number of hydrogen-bond acceptors (Lipinski definition) is 1. The van der Waals surface area contributed by atoms with E-state index in [0.29, 0.717) is 0 Å².